The highest BCUT2D eigenvalue weighted by Gasteiger charge is 2.29. The van der Waals surface area contributed by atoms with Gasteiger partial charge in [-0.05, 0) is 38.0 Å². The number of aryl methyl sites for hydroxylation is 1. The first-order valence-electron chi connectivity index (χ1n) is 10.2. The Hall–Kier alpha value is -4.74. The van der Waals surface area contributed by atoms with Crippen LogP contribution >= 0.6 is 0 Å². The summed E-state index contributed by atoms with van der Waals surface area (Å²) in [6.07, 6.45) is 3.20. The van der Waals surface area contributed by atoms with E-state index in [1.54, 1.807) is 13.0 Å². The van der Waals surface area contributed by atoms with Crippen molar-refractivity contribution in [1.29, 1.82) is 0 Å². The van der Waals surface area contributed by atoms with E-state index in [-0.39, 0.29) is 17.1 Å². The molecule has 1 aromatic carbocycles. The van der Waals surface area contributed by atoms with E-state index in [0.29, 0.717) is 41.9 Å². The largest absolute Gasteiger partial charge is 0.459 e. The first-order chi connectivity index (χ1) is 16.4. The van der Waals surface area contributed by atoms with Gasteiger partial charge in [0.25, 0.3) is 11.6 Å². The zero-order valence-electron chi connectivity index (χ0n) is 17.9. The average Bonchev–Trinajstić information content (AvgIpc) is 3.49. The quantitative estimate of drug-likeness (QED) is 0.384. The molecule has 4 rings (SSSR count). The number of para-hydroxylation sites is 1. The molecule has 0 saturated heterocycles. The second-order valence-corrected chi connectivity index (χ2v) is 7.37. The smallest absolute Gasteiger partial charge is 0.307 e. The van der Waals surface area contributed by atoms with E-state index in [9.17, 15) is 24.5 Å². The van der Waals surface area contributed by atoms with Crippen LogP contribution in [-0.2, 0) is 6.42 Å². The predicted molar refractivity (Wildman–Crippen MR) is 117 cm³/mol. The van der Waals surface area contributed by atoms with E-state index < -0.39 is 28.3 Å². The van der Waals surface area contributed by atoms with Crippen molar-refractivity contribution in [3.05, 3.63) is 86.7 Å². The highest BCUT2D eigenvalue weighted by Crippen LogP contribution is 2.29. The molecule has 0 fully saturated rings. The predicted octanol–water partition coefficient (Wildman–Crippen LogP) is 2.63. The standard InChI is InChI=1S/C22H19N5O7/c1-12-18-14(23-25-21(29)17-10-5-11-33-17)7-4-9-16(18)34-19(12)22(30)26-24-20(28)13-6-2-3-8-15(13)27(31)32/h2-3,5-6,8,10-11H,4,7,9H2,1H3,(H,24,28)(H,25,29)(H,26,30)/b23-14+. The van der Waals surface area contributed by atoms with Gasteiger partial charge in [0, 0.05) is 23.6 Å². The van der Waals surface area contributed by atoms with E-state index in [4.69, 9.17) is 8.83 Å². The van der Waals surface area contributed by atoms with Gasteiger partial charge in [-0.25, -0.2) is 5.43 Å². The fraction of sp³-hybridized carbons (Fsp3) is 0.182. The zero-order valence-corrected chi connectivity index (χ0v) is 17.9. The second-order valence-electron chi connectivity index (χ2n) is 7.37. The maximum Gasteiger partial charge on any atom is 0.307 e. The number of nitro benzene ring substituents is 1. The Labute approximate surface area is 192 Å². The van der Waals surface area contributed by atoms with Crippen LogP contribution in [0, 0.1) is 17.0 Å². The van der Waals surface area contributed by atoms with E-state index >= 15 is 0 Å². The Balaban J connectivity index is 1.49. The van der Waals surface area contributed by atoms with Crippen LogP contribution in [0.25, 0.3) is 0 Å². The number of carbonyl (C=O) groups excluding carboxylic acids is 3. The molecule has 0 saturated carbocycles. The van der Waals surface area contributed by atoms with Gasteiger partial charge in [-0.3, -0.25) is 35.3 Å². The lowest BCUT2D eigenvalue weighted by molar-refractivity contribution is -0.385. The molecule has 1 aliphatic rings. The van der Waals surface area contributed by atoms with Crippen LogP contribution in [0.4, 0.5) is 5.69 Å². The summed E-state index contributed by atoms with van der Waals surface area (Å²) < 4.78 is 10.8. The summed E-state index contributed by atoms with van der Waals surface area (Å²) >= 11 is 0. The first kappa shape index (κ1) is 22.5. The molecule has 3 N–H and O–H groups in total. The van der Waals surface area contributed by atoms with Crippen molar-refractivity contribution < 1.29 is 28.1 Å². The van der Waals surface area contributed by atoms with Crippen LogP contribution in [-0.4, -0.2) is 28.4 Å². The number of hydrazone groups is 1. The van der Waals surface area contributed by atoms with Crippen LogP contribution in [0.3, 0.4) is 0 Å². The van der Waals surface area contributed by atoms with Gasteiger partial charge in [-0.2, -0.15) is 5.10 Å². The first-order valence-corrected chi connectivity index (χ1v) is 10.2. The molecule has 0 radical (unpaired) electrons. The van der Waals surface area contributed by atoms with Gasteiger partial charge in [-0.1, -0.05) is 12.1 Å². The molecule has 2 aromatic heterocycles. The van der Waals surface area contributed by atoms with Gasteiger partial charge in [0.05, 0.1) is 16.9 Å². The number of furan rings is 2. The second kappa shape index (κ2) is 9.40. The van der Waals surface area contributed by atoms with Crippen molar-refractivity contribution in [2.75, 3.05) is 0 Å². The number of hydrazine groups is 1. The van der Waals surface area contributed by atoms with Gasteiger partial charge < -0.3 is 8.83 Å². The number of rotatable bonds is 5. The van der Waals surface area contributed by atoms with E-state index in [1.807, 2.05) is 0 Å². The fourth-order valence-electron chi connectivity index (χ4n) is 3.64. The molecule has 2 heterocycles. The Bertz CT molecular complexity index is 1310. The van der Waals surface area contributed by atoms with Crippen LogP contribution in [0.5, 0.6) is 0 Å². The highest BCUT2D eigenvalue weighted by atomic mass is 16.6. The third-order valence-corrected chi connectivity index (χ3v) is 5.20. The number of carbonyl (C=O) groups is 3. The van der Waals surface area contributed by atoms with Crippen molar-refractivity contribution >= 4 is 29.1 Å². The molecule has 12 heteroatoms. The maximum atomic E-state index is 12.7. The van der Waals surface area contributed by atoms with Crippen molar-refractivity contribution in [2.45, 2.75) is 26.2 Å². The van der Waals surface area contributed by atoms with E-state index in [0.717, 1.165) is 0 Å². The number of fused-ring (bicyclic) bond motifs is 1. The van der Waals surface area contributed by atoms with Crippen molar-refractivity contribution in [1.82, 2.24) is 16.3 Å². The molecule has 0 atom stereocenters. The third-order valence-electron chi connectivity index (χ3n) is 5.20. The molecule has 34 heavy (non-hydrogen) atoms. The molecule has 174 valence electrons. The SMILES string of the molecule is Cc1c(C(=O)NNC(=O)c2ccccc2[N+](=O)[O-])oc2c1/C(=N/NC(=O)c1ccco1)CCC2. The molecule has 0 bridgehead atoms. The van der Waals surface area contributed by atoms with Crippen molar-refractivity contribution in [3.63, 3.8) is 0 Å². The molecular formula is C22H19N5O7. The summed E-state index contributed by atoms with van der Waals surface area (Å²) in [4.78, 5) is 47.6. The van der Waals surface area contributed by atoms with Gasteiger partial charge >= 0.3 is 11.8 Å². The lowest BCUT2D eigenvalue weighted by Gasteiger charge is -2.13. The minimum absolute atomic E-state index is 0.0418. The Kier molecular flexibility index (Phi) is 6.21. The minimum Gasteiger partial charge on any atom is -0.459 e. The number of hydrogen-bond donors (Lipinski definition) is 3. The summed E-state index contributed by atoms with van der Waals surface area (Å²) in [5.74, 6) is -1.50. The van der Waals surface area contributed by atoms with Gasteiger partial charge in [-0.15, -0.1) is 0 Å². The number of nitro groups is 1. The molecular weight excluding hydrogens is 446 g/mol. The summed E-state index contributed by atoms with van der Waals surface area (Å²) in [5.41, 5.74) is 7.87. The van der Waals surface area contributed by atoms with E-state index in [2.05, 4.69) is 21.4 Å². The summed E-state index contributed by atoms with van der Waals surface area (Å²) in [6.45, 7) is 1.66. The fourth-order valence-corrected chi connectivity index (χ4v) is 3.64. The maximum absolute atomic E-state index is 12.7. The lowest BCUT2D eigenvalue weighted by Crippen LogP contribution is -2.41. The lowest BCUT2D eigenvalue weighted by atomic mass is 9.93. The molecule has 12 nitrogen and oxygen atoms in total. The van der Waals surface area contributed by atoms with Crippen LogP contribution in [0.1, 0.15) is 61.2 Å². The number of nitrogens with zero attached hydrogens (tertiary/aromatic N) is 2. The Morgan fingerprint density at radius 3 is 2.53 bits per heavy atom. The number of hydrogen-bond acceptors (Lipinski definition) is 8. The zero-order chi connectivity index (χ0) is 24.2. The monoisotopic (exact) mass is 465 g/mol. The van der Waals surface area contributed by atoms with Gasteiger partial charge in [0.15, 0.2) is 11.5 Å². The molecule has 0 unspecified atom stereocenters. The summed E-state index contributed by atoms with van der Waals surface area (Å²) in [7, 11) is 0. The van der Waals surface area contributed by atoms with Crippen molar-refractivity contribution in [2.24, 2.45) is 5.10 Å². The van der Waals surface area contributed by atoms with Gasteiger partial charge in [0.1, 0.15) is 11.3 Å². The molecule has 1 aliphatic carbocycles. The van der Waals surface area contributed by atoms with Gasteiger partial charge in [0.2, 0.25) is 0 Å². The summed E-state index contributed by atoms with van der Waals surface area (Å²) in [6, 6.07) is 8.45. The minimum atomic E-state index is -0.850. The Morgan fingerprint density at radius 2 is 1.79 bits per heavy atom. The molecule has 0 spiro atoms. The molecule has 0 aliphatic heterocycles. The number of benzene rings is 1. The van der Waals surface area contributed by atoms with Crippen LogP contribution < -0.4 is 16.3 Å². The Morgan fingerprint density at radius 1 is 1.03 bits per heavy atom. The third kappa shape index (κ3) is 4.41. The van der Waals surface area contributed by atoms with Crippen LogP contribution in [0.15, 0.2) is 56.6 Å². The molecule has 3 aromatic rings. The molecule has 3 amide bonds. The average molecular weight is 465 g/mol. The van der Waals surface area contributed by atoms with Crippen LogP contribution in [0.2, 0.25) is 0 Å². The number of amides is 3. The highest BCUT2D eigenvalue weighted by molar-refractivity contribution is 6.07. The summed E-state index contributed by atoms with van der Waals surface area (Å²) in [5, 5.41) is 15.3. The topological polar surface area (TPSA) is 169 Å². The normalized spacial score (nSPS) is 13.7. The number of nitrogens with one attached hydrogen (secondary N) is 3. The van der Waals surface area contributed by atoms with E-state index in [1.165, 1.54) is 36.6 Å². The van der Waals surface area contributed by atoms with Crippen molar-refractivity contribution in [3.8, 4) is 0 Å².